The lowest BCUT2D eigenvalue weighted by atomic mass is 9.86. The molecule has 21 heavy (non-hydrogen) atoms. The lowest BCUT2D eigenvalue weighted by Crippen LogP contribution is -2.47. The van der Waals surface area contributed by atoms with Crippen LogP contribution in [0.5, 0.6) is 0 Å². The number of halogens is 2. The topological polar surface area (TPSA) is 35.8 Å². The van der Waals surface area contributed by atoms with E-state index in [0.29, 0.717) is 5.92 Å². The van der Waals surface area contributed by atoms with Crippen LogP contribution in [-0.2, 0) is 0 Å². The van der Waals surface area contributed by atoms with Gasteiger partial charge in [0.15, 0.2) is 11.6 Å². The Bertz CT molecular complexity index is 529. The number of hydrogen-bond acceptors (Lipinski definition) is 3. The van der Waals surface area contributed by atoms with E-state index in [1.807, 2.05) is 6.92 Å². The van der Waals surface area contributed by atoms with Crippen molar-refractivity contribution in [3.8, 4) is 6.07 Å². The summed E-state index contributed by atoms with van der Waals surface area (Å²) >= 11 is 1.52. The predicted octanol–water partition coefficient (Wildman–Crippen LogP) is 4.12. The number of nitrogens with zero attached hydrogens (tertiary/aromatic N) is 1. The molecule has 0 saturated heterocycles. The van der Waals surface area contributed by atoms with E-state index in [4.69, 9.17) is 0 Å². The molecule has 1 aromatic rings. The molecule has 114 valence electrons. The first-order valence-corrected chi connectivity index (χ1v) is 8.34. The van der Waals surface area contributed by atoms with Crippen molar-refractivity contribution in [3.63, 3.8) is 0 Å². The van der Waals surface area contributed by atoms with Gasteiger partial charge in [-0.2, -0.15) is 5.26 Å². The zero-order valence-electron chi connectivity index (χ0n) is 12.2. The van der Waals surface area contributed by atoms with Gasteiger partial charge in [0.2, 0.25) is 0 Å². The molecule has 1 aliphatic carbocycles. The highest BCUT2D eigenvalue weighted by molar-refractivity contribution is 7.99. The largest absolute Gasteiger partial charge is 0.299 e. The Morgan fingerprint density at radius 1 is 1.43 bits per heavy atom. The van der Waals surface area contributed by atoms with Gasteiger partial charge >= 0.3 is 0 Å². The summed E-state index contributed by atoms with van der Waals surface area (Å²) < 4.78 is 26.0. The van der Waals surface area contributed by atoms with Gasteiger partial charge in [0.25, 0.3) is 0 Å². The third-order valence-corrected chi connectivity index (χ3v) is 5.17. The van der Waals surface area contributed by atoms with Gasteiger partial charge in [0.05, 0.1) is 6.07 Å². The van der Waals surface area contributed by atoms with Crippen molar-refractivity contribution in [2.75, 3.05) is 12.3 Å². The van der Waals surface area contributed by atoms with Crippen molar-refractivity contribution < 1.29 is 8.78 Å². The Labute approximate surface area is 128 Å². The van der Waals surface area contributed by atoms with Gasteiger partial charge in [-0.1, -0.05) is 13.3 Å². The summed E-state index contributed by atoms with van der Waals surface area (Å²) in [5, 5.41) is 12.8. The van der Waals surface area contributed by atoms with Crippen molar-refractivity contribution in [2.45, 2.75) is 43.0 Å². The van der Waals surface area contributed by atoms with Crippen molar-refractivity contribution in [2.24, 2.45) is 5.92 Å². The molecular formula is C16H20F2N2S. The first-order chi connectivity index (χ1) is 10.1. The molecule has 2 atom stereocenters. The smallest absolute Gasteiger partial charge is 0.159 e. The summed E-state index contributed by atoms with van der Waals surface area (Å²) in [6.45, 7) is 2.81. The van der Waals surface area contributed by atoms with E-state index < -0.39 is 17.2 Å². The van der Waals surface area contributed by atoms with Crippen LogP contribution in [0.4, 0.5) is 8.78 Å². The van der Waals surface area contributed by atoms with Crippen LogP contribution in [0.25, 0.3) is 0 Å². The van der Waals surface area contributed by atoms with Gasteiger partial charge in [-0.15, -0.1) is 11.8 Å². The van der Waals surface area contributed by atoms with E-state index in [1.54, 1.807) is 6.07 Å². The Kier molecular flexibility index (Phi) is 5.60. The predicted molar refractivity (Wildman–Crippen MR) is 81.1 cm³/mol. The zero-order chi connectivity index (χ0) is 15.3. The fourth-order valence-corrected chi connectivity index (χ4v) is 4.08. The van der Waals surface area contributed by atoms with E-state index >= 15 is 0 Å². The summed E-state index contributed by atoms with van der Waals surface area (Å²) in [5.74, 6) is -0.476. The van der Waals surface area contributed by atoms with E-state index in [1.165, 1.54) is 17.8 Å². The normalized spacial score (nSPS) is 25.0. The Morgan fingerprint density at radius 2 is 2.24 bits per heavy atom. The number of nitrogens with one attached hydrogen (secondary N) is 1. The third kappa shape index (κ3) is 3.75. The molecule has 0 heterocycles. The van der Waals surface area contributed by atoms with E-state index in [0.717, 1.165) is 48.9 Å². The van der Waals surface area contributed by atoms with Crippen LogP contribution >= 0.6 is 11.8 Å². The number of hydrogen-bond donors (Lipinski definition) is 1. The highest BCUT2D eigenvalue weighted by atomic mass is 32.2. The molecule has 0 amide bonds. The molecule has 1 N–H and O–H groups in total. The zero-order valence-corrected chi connectivity index (χ0v) is 13.0. The minimum atomic E-state index is -0.814. The van der Waals surface area contributed by atoms with Crippen LogP contribution in [0.1, 0.15) is 32.6 Å². The number of thioether (sulfide) groups is 1. The van der Waals surface area contributed by atoms with Crippen molar-refractivity contribution in [3.05, 3.63) is 29.8 Å². The molecule has 5 heteroatoms. The molecule has 0 aromatic heterocycles. The minimum absolute atomic E-state index is 0.334. The number of benzene rings is 1. The van der Waals surface area contributed by atoms with Gasteiger partial charge in [-0.25, -0.2) is 8.78 Å². The molecule has 2 unspecified atom stereocenters. The van der Waals surface area contributed by atoms with Crippen molar-refractivity contribution in [1.82, 2.24) is 5.32 Å². The van der Waals surface area contributed by atoms with Crippen molar-refractivity contribution >= 4 is 11.8 Å². The summed E-state index contributed by atoms with van der Waals surface area (Å²) in [7, 11) is 0. The van der Waals surface area contributed by atoms with Crippen LogP contribution < -0.4 is 5.32 Å². The molecule has 0 radical (unpaired) electrons. The Hall–Kier alpha value is -1.12. The van der Waals surface area contributed by atoms with Gasteiger partial charge in [0.1, 0.15) is 5.54 Å². The summed E-state index contributed by atoms with van der Waals surface area (Å²) in [6, 6.07) is 6.45. The summed E-state index contributed by atoms with van der Waals surface area (Å²) in [5.41, 5.74) is -0.399. The van der Waals surface area contributed by atoms with Crippen LogP contribution in [0.15, 0.2) is 23.1 Å². The lowest BCUT2D eigenvalue weighted by Gasteiger charge is -2.29. The fourth-order valence-electron chi connectivity index (χ4n) is 3.09. The van der Waals surface area contributed by atoms with Crippen LogP contribution in [0, 0.1) is 28.9 Å². The molecule has 2 nitrogen and oxygen atoms in total. The average molecular weight is 310 g/mol. The van der Waals surface area contributed by atoms with Gasteiger partial charge in [-0.05, 0) is 55.7 Å². The molecule has 2 rings (SSSR count). The average Bonchev–Trinajstić information content (AvgIpc) is 2.87. The van der Waals surface area contributed by atoms with E-state index in [-0.39, 0.29) is 0 Å². The van der Waals surface area contributed by atoms with Gasteiger partial charge in [-0.3, -0.25) is 5.32 Å². The van der Waals surface area contributed by atoms with Gasteiger partial charge < -0.3 is 0 Å². The van der Waals surface area contributed by atoms with Crippen LogP contribution in [-0.4, -0.2) is 17.8 Å². The Morgan fingerprint density at radius 3 is 2.90 bits per heavy atom. The molecule has 0 aliphatic heterocycles. The van der Waals surface area contributed by atoms with Crippen LogP contribution in [0.2, 0.25) is 0 Å². The minimum Gasteiger partial charge on any atom is -0.299 e. The molecule has 0 bridgehead atoms. The second kappa shape index (κ2) is 7.24. The molecule has 0 spiro atoms. The summed E-state index contributed by atoms with van der Waals surface area (Å²) in [6.07, 6.45) is 3.93. The second-order valence-electron chi connectivity index (χ2n) is 5.42. The monoisotopic (exact) mass is 310 g/mol. The quantitative estimate of drug-likeness (QED) is 0.803. The molecular weight excluding hydrogens is 290 g/mol. The standard InChI is InChI=1S/C16H20F2N2S/c1-2-20-16(11-19)8-3-4-12(16)7-9-21-13-5-6-14(17)15(18)10-13/h5-6,10,12,20H,2-4,7-9H2,1H3. The SMILES string of the molecule is CCNC1(C#N)CCCC1CCSc1ccc(F)c(F)c1. The maximum Gasteiger partial charge on any atom is 0.159 e. The van der Waals surface area contributed by atoms with Crippen LogP contribution in [0.3, 0.4) is 0 Å². The number of nitriles is 1. The first kappa shape index (κ1) is 16.3. The highest BCUT2D eigenvalue weighted by Gasteiger charge is 2.41. The number of rotatable bonds is 6. The molecule has 1 aromatic carbocycles. The first-order valence-electron chi connectivity index (χ1n) is 7.35. The Balaban J connectivity index is 1.90. The van der Waals surface area contributed by atoms with E-state index in [2.05, 4.69) is 11.4 Å². The highest BCUT2D eigenvalue weighted by Crippen LogP contribution is 2.38. The summed E-state index contributed by atoms with van der Waals surface area (Å²) in [4.78, 5) is 0.734. The van der Waals surface area contributed by atoms with E-state index in [9.17, 15) is 14.0 Å². The second-order valence-corrected chi connectivity index (χ2v) is 6.58. The molecule has 1 fully saturated rings. The third-order valence-electron chi connectivity index (χ3n) is 4.14. The maximum atomic E-state index is 13.1. The molecule has 1 aliphatic rings. The fraction of sp³-hybridized carbons (Fsp3) is 0.562. The lowest BCUT2D eigenvalue weighted by molar-refractivity contribution is 0.317. The molecule has 1 saturated carbocycles. The maximum absolute atomic E-state index is 13.1. The van der Waals surface area contributed by atoms with Gasteiger partial charge in [0, 0.05) is 4.90 Å². The van der Waals surface area contributed by atoms with Crippen molar-refractivity contribution in [1.29, 1.82) is 5.26 Å².